The maximum Gasteiger partial charge on any atom is 0.118 e. The topological polar surface area (TPSA) is 29.4 Å². The largest absolute Gasteiger partial charge is 0.497 e. The van der Waals surface area contributed by atoms with Gasteiger partial charge in [0.05, 0.1) is 7.11 Å². The quantitative estimate of drug-likeness (QED) is 0.314. The molecular formula is C29H41N3O. The number of hydrogen-bond donors (Lipinski definition) is 1. The molecule has 0 saturated carbocycles. The molecule has 33 heavy (non-hydrogen) atoms. The molecule has 2 aromatic carbocycles. The molecule has 0 radical (unpaired) electrons. The van der Waals surface area contributed by atoms with Gasteiger partial charge >= 0.3 is 0 Å². The molecule has 3 aromatic rings. The number of aryl methyl sites for hydroxylation is 1. The van der Waals surface area contributed by atoms with Gasteiger partial charge in [-0.2, -0.15) is 0 Å². The summed E-state index contributed by atoms with van der Waals surface area (Å²) in [6, 6.07) is 20.1. The second kappa shape index (κ2) is 12.8. The number of ether oxygens (including phenoxy) is 1. The molecule has 0 bridgehead atoms. The van der Waals surface area contributed by atoms with Crippen molar-refractivity contribution in [2.24, 2.45) is 0 Å². The van der Waals surface area contributed by atoms with Gasteiger partial charge in [0.2, 0.25) is 0 Å². The smallest absolute Gasteiger partial charge is 0.118 e. The molecule has 0 amide bonds. The van der Waals surface area contributed by atoms with E-state index in [1.54, 1.807) is 7.11 Å². The van der Waals surface area contributed by atoms with E-state index < -0.39 is 0 Å². The second-order valence-corrected chi connectivity index (χ2v) is 9.54. The van der Waals surface area contributed by atoms with E-state index in [9.17, 15) is 0 Å². The first-order valence-electron chi connectivity index (χ1n) is 12.9. The summed E-state index contributed by atoms with van der Waals surface area (Å²) in [6.07, 6.45) is 12.8. The first-order valence-corrected chi connectivity index (χ1v) is 12.9. The first kappa shape index (κ1) is 23.8. The van der Waals surface area contributed by atoms with Crippen molar-refractivity contribution in [3.8, 4) is 5.75 Å². The minimum absolute atomic E-state index is 0.702. The summed E-state index contributed by atoms with van der Waals surface area (Å²) in [4.78, 5) is 2.58. The highest BCUT2D eigenvalue weighted by molar-refractivity contribution is 5.79. The lowest BCUT2D eigenvalue weighted by Gasteiger charge is -2.32. The Morgan fingerprint density at radius 1 is 0.848 bits per heavy atom. The summed E-state index contributed by atoms with van der Waals surface area (Å²) >= 11 is 0. The van der Waals surface area contributed by atoms with E-state index in [1.165, 1.54) is 87.5 Å². The van der Waals surface area contributed by atoms with Gasteiger partial charge in [-0.3, -0.25) is 4.90 Å². The Bertz CT molecular complexity index is 941. The Morgan fingerprint density at radius 2 is 1.58 bits per heavy atom. The molecule has 0 atom stereocenters. The standard InChI is InChI=1S/C29H41N3O/c1-33-28-14-12-25(13-15-28)24-31-21-17-27(18-22-31)30-19-8-4-2-3-5-9-20-32-23-16-26-10-6-7-11-29(26)32/h6-7,10-16,23,27,30H,2-5,8-9,17-22,24H2,1H3. The van der Waals surface area contributed by atoms with Crippen molar-refractivity contribution in [2.75, 3.05) is 26.7 Å². The number of fused-ring (bicyclic) bond motifs is 1. The average Bonchev–Trinajstić information content (AvgIpc) is 3.27. The van der Waals surface area contributed by atoms with E-state index in [4.69, 9.17) is 4.74 Å². The molecule has 1 aliphatic heterocycles. The number of rotatable bonds is 13. The van der Waals surface area contributed by atoms with Gasteiger partial charge in [0.1, 0.15) is 5.75 Å². The highest BCUT2D eigenvalue weighted by atomic mass is 16.5. The number of nitrogens with one attached hydrogen (secondary N) is 1. The van der Waals surface area contributed by atoms with Crippen LogP contribution >= 0.6 is 0 Å². The molecule has 1 aromatic heterocycles. The maximum absolute atomic E-state index is 5.26. The zero-order chi connectivity index (χ0) is 22.7. The molecule has 1 N–H and O–H groups in total. The minimum Gasteiger partial charge on any atom is -0.497 e. The Hall–Kier alpha value is -2.30. The lowest BCUT2D eigenvalue weighted by molar-refractivity contribution is 0.190. The number of methoxy groups -OCH3 is 1. The van der Waals surface area contributed by atoms with E-state index in [0.29, 0.717) is 6.04 Å². The van der Waals surface area contributed by atoms with Crippen LogP contribution in [0.25, 0.3) is 10.9 Å². The van der Waals surface area contributed by atoms with Crippen LogP contribution in [0.15, 0.2) is 60.8 Å². The van der Waals surface area contributed by atoms with Crippen molar-refractivity contribution in [3.05, 3.63) is 66.4 Å². The van der Waals surface area contributed by atoms with Crippen LogP contribution in [0.4, 0.5) is 0 Å². The number of aromatic nitrogens is 1. The number of para-hydroxylation sites is 1. The second-order valence-electron chi connectivity index (χ2n) is 9.54. The van der Waals surface area contributed by atoms with Gasteiger partial charge in [0.15, 0.2) is 0 Å². The highest BCUT2D eigenvalue weighted by Gasteiger charge is 2.18. The van der Waals surface area contributed by atoms with Crippen LogP contribution in [0.5, 0.6) is 5.75 Å². The molecule has 0 aliphatic carbocycles. The third-order valence-electron chi connectivity index (χ3n) is 7.09. The van der Waals surface area contributed by atoms with E-state index in [1.807, 2.05) is 0 Å². The molecule has 4 heteroatoms. The Kier molecular flexibility index (Phi) is 9.26. The van der Waals surface area contributed by atoms with Crippen LogP contribution in [0.3, 0.4) is 0 Å². The number of nitrogens with zero attached hydrogens (tertiary/aromatic N) is 2. The first-order chi connectivity index (χ1) is 16.3. The summed E-state index contributed by atoms with van der Waals surface area (Å²) in [5.41, 5.74) is 2.75. The van der Waals surface area contributed by atoms with E-state index in [-0.39, 0.29) is 0 Å². The fraction of sp³-hybridized carbons (Fsp3) is 0.517. The zero-order valence-corrected chi connectivity index (χ0v) is 20.3. The van der Waals surface area contributed by atoms with Crippen molar-refractivity contribution in [2.45, 2.75) is 70.5 Å². The predicted octanol–water partition coefficient (Wildman–Crippen LogP) is 6.24. The van der Waals surface area contributed by atoms with Crippen LogP contribution in [-0.2, 0) is 13.1 Å². The summed E-state index contributed by atoms with van der Waals surface area (Å²) in [5, 5.41) is 5.17. The van der Waals surface area contributed by atoms with Crippen molar-refractivity contribution < 1.29 is 4.74 Å². The normalized spacial score (nSPS) is 15.3. The number of hydrogen-bond acceptors (Lipinski definition) is 3. The SMILES string of the molecule is COc1ccc(CN2CCC(NCCCCCCCCn3ccc4ccccc43)CC2)cc1. The summed E-state index contributed by atoms with van der Waals surface area (Å²) in [7, 11) is 1.72. The van der Waals surface area contributed by atoms with Gasteiger partial charge in [-0.1, -0.05) is 56.0 Å². The van der Waals surface area contributed by atoms with Gasteiger partial charge in [-0.15, -0.1) is 0 Å². The molecule has 0 spiro atoms. The third kappa shape index (κ3) is 7.35. The van der Waals surface area contributed by atoms with E-state index >= 15 is 0 Å². The monoisotopic (exact) mass is 447 g/mol. The van der Waals surface area contributed by atoms with E-state index in [0.717, 1.165) is 18.8 Å². The Labute approximate surface area is 199 Å². The summed E-state index contributed by atoms with van der Waals surface area (Å²) < 4.78 is 7.66. The minimum atomic E-state index is 0.702. The molecule has 0 unspecified atom stereocenters. The summed E-state index contributed by atoms with van der Waals surface area (Å²) in [5.74, 6) is 0.937. The Balaban J connectivity index is 0.994. The number of likely N-dealkylation sites (tertiary alicyclic amines) is 1. The fourth-order valence-corrected chi connectivity index (χ4v) is 5.04. The molecule has 1 fully saturated rings. The van der Waals surface area contributed by atoms with Crippen LogP contribution in [-0.4, -0.2) is 42.3 Å². The molecule has 1 aliphatic rings. The zero-order valence-electron chi connectivity index (χ0n) is 20.3. The van der Waals surface area contributed by atoms with Crippen LogP contribution in [0.1, 0.15) is 56.9 Å². The van der Waals surface area contributed by atoms with Crippen LogP contribution < -0.4 is 10.1 Å². The van der Waals surface area contributed by atoms with Crippen molar-refractivity contribution in [3.63, 3.8) is 0 Å². The molecule has 2 heterocycles. The van der Waals surface area contributed by atoms with Gasteiger partial charge in [-0.05, 0) is 80.5 Å². The third-order valence-corrected chi connectivity index (χ3v) is 7.09. The Morgan fingerprint density at radius 3 is 2.36 bits per heavy atom. The number of unbranched alkanes of at least 4 members (excludes halogenated alkanes) is 5. The van der Waals surface area contributed by atoms with Crippen LogP contribution in [0, 0.1) is 0 Å². The van der Waals surface area contributed by atoms with Gasteiger partial charge in [0.25, 0.3) is 0 Å². The van der Waals surface area contributed by atoms with Gasteiger partial charge in [0, 0.05) is 30.8 Å². The molecular weight excluding hydrogens is 406 g/mol. The van der Waals surface area contributed by atoms with Crippen molar-refractivity contribution in [1.82, 2.24) is 14.8 Å². The summed E-state index contributed by atoms with van der Waals surface area (Å²) in [6.45, 7) is 5.77. The van der Waals surface area contributed by atoms with Crippen molar-refractivity contribution >= 4 is 10.9 Å². The predicted molar refractivity (Wildman–Crippen MR) is 139 cm³/mol. The van der Waals surface area contributed by atoms with Crippen LogP contribution in [0.2, 0.25) is 0 Å². The molecule has 4 nitrogen and oxygen atoms in total. The fourth-order valence-electron chi connectivity index (χ4n) is 5.04. The molecule has 178 valence electrons. The molecule has 1 saturated heterocycles. The lowest BCUT2D eigenvalue weighted by atomic mass is 10.0. The number of piperidine rings is 1. The van der Waals surface area contributed by atoms with Crippen molar-refractivity contribution in [1.29, 1.82) is 0 Å². The van der Waals surface area contributed by atoms with Gasteiger partial charge in [-0.25, -0.2) is 0 Å². The van der Waals surface area contributed by atoms with E-state index in [2.05, 4.69) is 75.6 Å². The highest BCUT2D eigenvalue weighted by Crippen LogP contribution is 2.18. The lowest BCUT2D eigenvalue weighted by Crippen LogP contribution is -2.42. The number of benzene rings is 2. The average molecular weight is 448 g/mol. The molecule has 4 rings (SSSR count). The maximum atomic E-state index is 5.26. The van der Waals surface area contributed by atoms with Gasteiger partial charge < -0.3 is 14.6 Å².